The van der Waals surface area contributed by atoms with Crippen LogP contribution in [0.3, 0.4) is 0 Å². The molecule has 0 saturated heterocycles. The normalized spacial score (nSPS) is 5.49. The third kappa shape index (κ3) is 628. The van der Waals surface area contributed by atoms with Gasteiger partial charge in [0.2, 0.25) is 0 Å². The van der Waals surface area contributed by atoms with E-state index < -0.39 is 0 Å². The van der Waals surface area contributed by atoms with E-state index in [2.05, 4.69) is 131 Å². The molecule has 0 N–H and O–H groups in total. The van der Waals surface area contributed by atoms with Crippen molar-refractivity contribution in [3.8, 4) is 0 Å². The maximum absolute atomic E-state index is 2.27. The fourth-order valence-corrected chi connectivity index (χ4v) is 2.71. The average molecular weight is 1300 g/mol. The van der Waals surface area contributed by atoms with Gasteiger partial charge in [-0.05, 0) is 86.6 Å². The monoisotopic (exact) mass is 1300 g/mol. The minimum Gasteiger partial charge on any atom is -0.309 e. The maximum atomic E-state index is 2.27. The summed E-state index contributed by atoms with van der Waals surface area (Å²) in [6.07, 6.45) is 3.91. The van der Waals surface area contributed by atoms with Crippen LogP contribution < -0.4 is 0 Å². The summed E-state index contributed by atoms with van der Waals surface area (Å²) in [5, 5.41) is 0. The topological polar surface area (TPSA) is 13.0 Å². The van der Waals surface area contributed by atoms with Gasteiger partial charge in [0.05, 0.1) is 0 Å². The van der Waals surface area contributed by atoms with Crippen molar-refractivity contribution in [3.63, 3.8) is 0 Å². The van der Waals surface area contributed by atoms with Gasteiger partial charge in [-0.2, -0.15) is 0 Å². The quantitative estimate of drug-likeness (QED) is 0.246. The summed E-state index contributed by atoms with van der Waals surface area (Å²) in [5.74, 6) is 0. The first kappa shape index (κ1) is 254. The van der Waals surface area contributed by atoms with Gasteiger partial charge in [-0.25, -0.2) is 0 Å². The van der Waals surface area contributed by atoms with Gasteiger partial charge in [-0.3, -0.25) is 9.80 Å². The zero-order valence-corrected chi connectivity index (χ0v) is 53.6. The Kier molecular flexibility index (Phi) is 1060. The first-order chi connectivity index (χ1) is 22.4. The van der Waals surface area contributed by atoms with E-state index in [4.69, 9.17) is 0 Å². The van der Waals surface area contributed by atoms with Crippen molar-refractivity contribution >= 4 is 0 Å². The van der Waals surface area contributed by atoms with Gasteiger partial charge in [0.1, 0.15) is 0 Å². The smallest absolute Gasteiger partial charge is 0.0495 e. The summed E-state index contributed by atoms with van der Waals surface area (Å²) in [7, 11) is 16.6. The second kappa shape index (κ2) is 293. The van der Waals surface area contributed by atoms with E-state index in [1.807, 2.05) is 138 Å². The fourth-order valence-electron chi connectivity index (χ4n) is 2.71. The third-order valence-electron chi connectivity index (χ3n) is 3.03. The Labute approximate surface area is 768 Å². The zero-order chi connectivity index (χ0) is 43.6. The van der Waals surface area contributed by atoms with Crippen LogP contribution in [0.4, 0.5) is 0 Å². The summed E-state index contributed by atoms with van der Waals surface area (Å²) in [6.45, 7) is 61.4. The van der Waals surface area contributed by atoms with Crippen LogP contribution >= 0.6 is 0 Å². The van der Waals surface area contributed by atoms with Crippen molar-refractivity contribution in [2.45, 2.75) is 302 Å². The van der Waals surface area contributed by atoms with Crippen molar-refractivity contribution in [1.82, 2.24) is 19.6 Å². The molecule has 0 aliphatic heterocycles. The molecule has 0 rings (SSSR count). The number of nitrogens with zero attached hydrogens (tertiary/aromatic N) is 4. The minimum absolute atomic E-state index is 0. The molecule has 0 atom stereocenters. The van der Waals surface area contributed by atoms with Crippen LogP contribution in [0.5, 0.6) is 0 Å². The molecule has 70 heavy (non-hydrogen) atoms. The van der Waals surface area contributed by atoms with Gasteiger partial charge in [-0.1, -0.05) is 289 Å². The predicted molar refractivity (Wildman–Crippen MR) is 328 cm³/mol. The van der Waals surface area contributed by atoms with E-state index in [0.29, 0.717) is 10.8 Å². The van der Waals surface area contributed by atoms with E-state index in [0.717, 1.165) is 13.2 Å². The van der Waals surface area contributed by atoms with E-state index in [-0.39, 0.29) is 467 Å². The van der Waals surface area contributed by atoms with Crippen LogP contribution in [0.25, 0.3) is 0 Å². The number of rotatable bonds is 6. The molecule has 0 aromatic carbocycles. The molecule has 4 nitrogen and oxygen atoms in total. The van der Waals surface area contributed by atoms with Crippen molar-refractivity contribution < 1.29 is 377 Å². The molecule has 492 valence electrons. The molecule has 0 saturated carbocycles. The van der Waals surface area contributed by atoms with Crippen molar-refractivity contribution in [2.24, 2.45) is 10.8 Å². The van der Waals surface area contributed by atoms with Gasteiger partial charge < -0.3 is 9.80 Å². The molecule has 0 amide bonds. The largest absolute Gasteiger partial charge is 0.309 e. The Morgan fingerprint density at radius 2 is 0.400 bits per heavy atom. The number of hydrogen-bond acceptors (Lipinski definition) is 4. The van der Waals surface area contributed by atoms with Crippen LogP contribution in [0.2, 0.25) is 0 Å². The van der Waals surface area contributed by atoms with Crippen LogP contribution in [-0.2, 0) is 0 Å². The van der Waals surface area contributed by atoms with Gasteiger partial charge in [-0.15, -0.1) is 0 Å². The van der Waals surface area contributed by atoms with E-state index in [1.165, 1.54) is 25.8 Å². The standard InChI is InChI=1S/C7H17N.C7H16.C5H14N2.C5H13N.10C2H6.12CH4.10Ar/c1-7(2,3)6-8(4)5;1-5-6-7(2,3)4;1-6(2)5-7(3)4;1-4-5-6(2)3;10*1-2;;;;;;;;;;;;;;;;;;;;;;/h6H2,1-5H3;5-6H2,1-4H3;5H2,1-4H3;4-5H2,1-3H3;10*1-2H3;12*1H4;;;;;;;;;;. The Morgan fingerprint density at radius 1 is 0.243 bits per heavy atom. The number of hydrogen-bond donors (Lipinski definition) is 0. The van der Waals surface area contributed by atoms with Crippen molar-refractivity contribution in [3.05, 3.63) is 0 Å². The first-order valence-electron chi connectivity index (χ1n) is 21.0. The molecule has 0 radical (unpaired) electrons. The Bertz CT molecular complexity index is 324. The molecule has 0 aromatic heterocycles. The summed E-state index contributed by atoms with van der Waals surface area (Å²) in [4.78, 5) is 8.64. The third-order valence-corrected chi connectivity index (χ3v) is 3.03. The summed E-state index contributed by atoms with van der Waals surface area (Å²) in [5.41, 5.74) is 0.998. The molecule has 0 aliphatic rings. The molecular weight excluding hydrogens is 1130 g/mol. The summed E-state index contributed by atoms with van der Waals surface area (Å²) in [6, 6.07) is 0. The fraction of sp³-hybridized carbons (Fsp3) is 1.00. The van der Waals surface area contributed by atoms with Crippen molar-refractivity contribution in [1.29, 1.82) is 0 Å². The van der Waals surface area contributed by atoms with Gasteiger partial charge >= 0.3 is 0 Å². The van der Waals surface area contributed by atoms with E-state index in [1.54, 1.807) is 0 Å². The molecule has 0 spiro atoms. The second-order valence-electron chi connectivity index (χ2n) is 11.2. The maximum Gasteiger partial charge on any atom is 0.0495 e. The predicted octanol–water partition coefficient (Wildman–Crippen LogP) is 23.3. The molecule has 0 heterocycles. The van der Waals surface area contributed by atoms with Crippen LogP contribution in [0.15, 0.2) is 0 Å². The molecule has 0 unspecified atom stereocenters. The van der Waals surface area contributed by atoms with Crippen LogP contribution in [0, 0.1) is 388 Å². The van der Waals surface area contributed by atoms with Gasteiger partial charge in [0, 0.05) is 391 Å². The SMILES string of the molecule is C.C.C.C.C.C.C.C.C.C.C.C.CC.CC.CC.CC.CC.CC.CC.CC.CC.CC.CCCC(C)(C)C.CCCN(C)C.CN(C)CC(C)(C)C.CN(C)CN(C)C.[Ar].[Ar].[Ar].[Ar].[Ar].[Ar].[Ar].[Ar].[Ar].[Ar]. The van der Waals surface area contributed by atoms with Gasteiger partial charge in [0.25, 0.3) is 0 Å². The molecule has 0 aromatic rings. The van der Waals surface area contributed by atoms with E-state index >= 15 is 0 Å². The van der Waals surface area contributed by atoms with Gasteiger partial charge in [0.15, 0.2) is 0 Å². The van der Waals surface area contributed by atoms with Crippen LogP contribution in [0.1, 0.15) is 302 Å². The zero-order valence-electron chi connectivity index (χ0n) is 46.6. The van der Waals surface area contributed by atoms with E-state index in [9.17, 15) is 0 Å². The van der Waals surface area contributed by atoms with Crippen molar-refractivity contribution in [2.75, 3.05) is 76.1 Å². The second-order valence-corrected chi connectivity index (χ2v) is 11.2. The molecule has 0 bridgehead atoms. The molecular formula is C56H168Ar10N4. The summed E-state index contributed by atoms with van der Waals surface area (Å²) < 4.78 is 0. The first-order valence-corrected chi connectivity index (χ1v) is 21.0. The Morgan fingerprint density at radius 3 is 0.400 bits per heavy atom. The Hall–Kier alpha value is 12.4. The Balaban J connectivity index is -0.00000000529. The minimum atomic E-state index is 0. The average Bonchev–Trinajstić information content (AvgIpc) is 3.05. The summed E-state index contributed by atoms with van der Waals surface area (Å²) >= 11 is 0. The molecule has 0 aliphatic carbocycles. The van der Waals surface area contributed by atoms with Crippen LogP contribution in [-0.4, -0.2) is 95.7 Å². The molecule has 0 fully saturated rings. The molecule has 14 heteroatoms.